The molecule has 0 spiro atoms. The molecule has 0 aliphatic carbocycles. The molecule has 1 heterocycles. The fourth-order valence-corrected chi connectivity index (χ4v) is 2.05. The molecule has 2 N–H and O–H groups in total. The summed E-state index contributed by atoms with van der Waals surface area (Å²) >= 11 is 6.04. The molecule has 2 rings (SSSR count). The molecule has 18 heavy (non-hydrogen) atoms. The quantitative estimate of drug-likeness (QED) is 0.871. The molecule has 2 unspecified atom stereocenters. The number of nitrogens with two attached hydrogens (primary N) is 1. The van der Waals surface area contributed by atoms with Gasteiger partial charge in [0.1, 0.15) is 17.7 Å². The van der Waals surface area contributed by atoms with E-state index in [0.29, 0.717) is 16.9 Å². The number of halogens is 2. The van der Waals surface area contributed by atoms with E-state index < -0.39 is 23.1 Å². The maximum absolute atomic E-state index is 13.3. The zero-order valence-corrected chi connectivity index (χ0v) is 10.8. The van der Waals surface area contributed by atoms with Crippen molar-refractivity contribution in [3.63, 3.8) is 0 Å². The van der Waals surface area contributed by atoms with Gasteiger partial charge in [0.25, 0.3) is 0 Å². The fraction of sp³-hybridized carbons (Fsp3) is 0.333. The summed E-state index contributed by atoms with van der Waals surface area (Å²) in [6.45, 7) is 3.38. The highest BCUT2D eigenvalue weighted by Crippen LogP contribution is 2.28. The molecule has 2 aromatic rings. The van der Waals surface area contributed by atoms with Crippen LogP contribution in [-0.2, 0) is 4.79 Å². The van der Waals surface area contributed by atoms with Crippen molar-refractivity contribution in [3.8, 4) is 0 Å². The SMILES string of the molecule is CC(Cl)c1nc2ccc(F)cc2n1C(C)C(N)=O. The molecule has 0 aliphatic rings. The topological polar surface area (TPSA) is 60.9 Å². The minimum absolute atomic E-state index is 0.394. The van der Waals surface area contributed by atoms with Gasteiger partial charge >= 0.3 is 0 Å². The standard InChI is InChI=1S/C12H13ClFN3O/c1-6(13)12-16-9-4-3-8(14)5-10(9)17(12)7(2)11(15)18/h3-7H,1-2H3,(H2,15,18). The number of fused-ring (bicyclic) bond motifs is 1. The van der Waals surface area contributed by atoms with Gasteiger partial charge in [0.2, 0.25) is 5.91 Å². The molecule has 1 aromatic carbocycles. The number of alkyl halides is 1. The van der Waals surface area contributed by atoms with Crippen LogP contribution in [0.4, 0.5) is 4.39 Å². The van der Waals surface area contributed by atoms with Gasteiger partial charge in [-0.05, 0) is 32.0 Å². The van der Waals surface area contributed by atoms with Gasteiger partial charge in [0.05, 0.1) is 16.4 Å². The smallest absolute Gasteiger partial charge is 0.240 e. The summed E-state index contributed by atoms with van der Waals surface area (Å²) < 4.78 is 14.9. The highest BCUT2D eigenvalue weighted by atomic mass is 35.5. The summed E-state index contributed by atoms with van der Waals surface area (Å²) in [6.07, 6.45) is 0. The number of imidazole rings is 1. The molecule has 1 aromatic heterocycles. The van der Waals surface area contributed by atoms with Crippen LogP contribution in [-0.4, -0.2) is 15.5 Å². The van der Waals surface area contributed by atoms with Crippen molar-refractivity contribution < 1.29 is 9.18 Å². The summed E-state index contributed by atoms with van der Waals surface area (Å²) in [5, 5.41) is -0.401. The lowest BCUT2D eigenvalue weighted by Gasteiger charge is -2.15. The molecular formula is C12H13ClFN3O. The van der Waals surface area contributed by atoms with Crippen molar-refractivity contribution >= 4 is 28.5 Å². The highest BCUT2D eigenvalue weighted by Gasteiger charge is 2.22. The third kappa shape index (κ3) is 2.06. The predicted molar refractivity (Wildman–Crippen MR) is 67.9 cm³/mol. The number of carbonyl (C=O) groups excluding carboxylic acids is 1. The van der Waals surface area contributed by atoms with E-state index in [1.165, 1.54) is 12.1 Å². The van der Waals surface area contributed by atoms with Crippen molar-refractivity contribution in [2.75, 3.05) is 0 Å². The van der Waals surface area contributed by atoms with E-state index in [-0.39, 0.29) is 0 Å². The van der Waals surface area contributed by atoms with Crippen molar-refractivity contribution in [2.45, 2.75) is 25.3 Å². The van der Waals surface area contributed by atoms with Crippen LogP contribution in [0.1, 0.15) is 31.1 Å². The van der Waals surface area contributed by atoms with Crippen molar-refractivity contribution in [1.82, 2.24) is 9.55 Å². The van der Waals surface area contributed by atoms with E-state index in [0.717, 1.165) is 0 Å². The molecule has 0 fully saturated rings. The maximum Gasteiger partial charge on any atom is 0.240 e. The zero-order valence-electron chi connectivity index (χ0n) is 10.0. The Labute approximate surface area is 109 Å². The van der Waals surface area contributed by atoms with Crippen molar-refractivity contribution in [3.05, 3.63) is 29.8 Å². The van der Waals surface area contributed by atoms with Crippen LogP contribution >= 0.6 is 11.6 Å². The van der Waals surface area contributed by atoms with Gasteiger partial charge in [-0.1, -0.05) is 0 Å². The summed E-state index contributed by atoms with van der Waals surface area (Å²) in [5.41, 5.74) is 6.41. The molecule has 4 nitrogen and oxygen atoms in total. The minimum Gasteiger partial charge on any atom is -0.368 e. The summed E-state index contributed by atoms with van der Waals surface area (Å²) in [6, 6.07) is 3.56. The fourth-order valence-electron chi connectivity index (χ4n) is 1.90. The average Bonchev–Trinajstić information content (AvgIpc) is 2.66. The largest absolute Gasteiger partial charge is 0.368 e. The minimum atomic E-state index is -0.631. The molecule has 0 saturated carbocycles. The Morgan fingerprint density at radius 3 is 2.72 bits per heavy atom. The number of primary amides is 1. The molecule has 2 atom stereocenters. The van der Waals surface area contributed by atoms with Gasteiger partial charge in [0.15, 0.2) is 0 Å². The number of nitrogens with zero attached hydrogens (tertiary/aromatic N) is 2. The van der Waals surface area contributed by atoms with Crippen LogP contribution in [0, 0.1) is 5.82 Å². The van der Waals surface area contributed by atoms with Gasteiger partial charge in [-0.15, -0.1) is 11.6 Å². The van der Waals surface area contributed by atoms with Gasteiger partial charge < -0.3 is 10.3 Å². The van der Waals surface area contributed by atoms with E-state index in [4.69, 9.17) is 17.3 Å². The third-order valence-corrected chi connectivity index (χ3v) is 3.03. The van der Waals surface area contributed by atoms with Crippen molar-refractivity contribution in [1.29, 1.82) is 0 Å². The summed E-state index contributed by atoms with van der Waals surface area (Å²) in [4.78, 5) is 15.7. The molecular weight excluding hydrogens is 257 g/mol. The number of carbonyl (C=O) groups is 1. The van der Waals surface area contributed by atoms with Crippen LogP contribution in [0.15, 0.2) is 18.2 Å². The van der Waals surface area contributed by atoms with Crippen LogP contribution in [0.2, 0.25) is 0 Å². The first-order chi connectivity index (χ1) is 8.41. The van der Waals surface area contributed by atoms with E-state index >= 15 is 0 Å². The molecule has 0 saturated heterocycles. The second kappa shape index (κ2) is 4.57. The first-order valence-electron chi connectivity index (χ1n) is 5.52. The second-order valence-corrected chi connectivity index (χ2v) is 4.82. The van der Waals surface area contributed by atoms with Crippen molar-refractivity contribution in [2.24, 2.45) is 5.73 Å². The third-order valence-electron chi connectivity index (χ3n) is 2.83. The number of amides is 1. The molecule has 0 aliphatic heterocycles. The average molecular weight is 270 g/mol. The molecule has 6 heteroatoms. The van der Waals surface area contributed by atoms with Gasteiger partial charge in [-0.2, -0.15) is 0 Å². The van der Waals surface area contributed by atoms with Gasteiger partial charge in [-0.3, -0.25) is 4.79 Å². The van der Waals surface area contributed by atoms with Crippen LogP contribution in [0.25, 0.3) is 11.0 Å². The molecule has 0 bridgehead atoms. The maximum atomic E-state index is 13.3. The Hall–Kier alpha value is -1.62. The monoisotopic (exact) mass is 269 g/mol. The van der Waals surface area contributed by atoms with Crippen LogP contribution in [0.5, 0.6) is 0 Å². The lowest BCUT2D eigenvalue weighted by atomic mass is 10.2. The van der Waals surface area contributed by atoms with E-state index in [1.807, 2.05) is 0 Å². The summed E-state index contributed by atoms with van der Waals surface area (Å²) in [5.74, 6) is -0.408. The Morgan fingerprint density at radius 1 is 1.50 bits per heavy atom. The lowest BCUT2D eigenvalue weighted by molar-refractivity contribution is -0.120. The van der Waals surface area contributed by atoms with E-state index in [9.17, 15) is 9.18 Å². The van der Waals surface area contributed by atoms with Crippen LogP contribution < -0.4 is 5.73 Å². The zero-order chi connectivity index (χ0) is 13.4. The highest BCUT2D eigenvalue weighted by molar-refractivity contribution is 6.20. The van der Waals surface area contributed by atoms with Crippen LogP contribution in [0.3, 0.4) is 0 Å². The number of hydrogen-bond acceptors (Lipinski definition) is 2. The van der Waals surface area contributed by atoms with Gasteiger partial charge in [0, 0.05) is 0 Å². The molecule has 0 radical (unpaired) electrons. The molecule has 1 amide bonds. The van der Waals surface area contributed by atoms with Gasteiger partial charge in [-0.25, -0.2) is 9.37 Å². The lowest BCUT2D eigenvalue weighted by Crippen LogP contribution is -2.25. The normalized spacial score (nSPS) is 14.7. The Bertz CT molecular complexity index is 609. The number of benzene rings is 1. The summed E-state index contributed by atoms with van der Waals surface area (Å²) in [7, 11) is 0. The Morgan fingerprint density at radius 2 is 2.17 bits per heavy atom. The predicted octanol–water partition coefficient (Wildman–Crippen LogP) is 2.52. The first kappa shape index (κ1) is 12.8. The van der Waals surface area contributed by atoms with E-state index in [2.05, 4.69) is 4.98 Å². The number of hydrogen-bond donors (Lipinski definition) is 1. The Kier molecular flexibility index (Phi) is 3.26. The second-order valence-electron chi connectivity index (χ2n) is 4.17. The number of rotatable bonds is 3. The number of aromatic nitrogens is 2. The van der Waals surface area contributed by atoms with E-state index in [1.54, 1.807) is 24.5 Å². The Balaban J connectivity index is 2.76. The molecule has 96 valence electrons. The first-order valence-corrected chi connectivity index (χ1v) is 5.96.